The number of H-pyrrole nitrogens is 1. The minimum absolute atomic E-state index is 0.160. The van der Waals surface area contributed by atoms with E-state index >= 15 is 0 Å². The molecule has 11 heteroatoms. The molecule has 1 N–H and O–H groups in total. The molecule has 1 aliphatic rings. The SMILES string of the molecule is CCOc1ccc(S(=O)(=O)N2CCN(C(=O)c3ccc4c(=O)n(CC)c(=O)[nH]c4c3)CC2)cc1. The molecule has 1 aliphatic heterocycles. The smallest absolute Gasteiger partial charge is 0.328 e. The van der Waals surface area contributed by atoms with Crippen LogP contribution in [0.4, 0.5) is 0 Å². The van der Waals surface area contributed by atoms with Crippen molar-refractivity contribution in [2.24, 2.45) is 0 Å². The first-order chi connectivity index (χ1) is 16.3. The van der Waals surface area contributed by atoms with Gasteiger partial charge in [-0.15, -0.1) is 0 Å². The molecule has 2 heterocycles. The second-order valence-corrected chi connectivity index (χ2v) is 9.78. The van der Waals surface area contributed by atoms with Crippen molar-refractivity contribution in [3.8, 4) is 5.75 Å². The molecule has 4 rings (SSSR count). The number of ether oxygens (including phenoxy) is 1. The molecule has 180 valence electrons. The van der Waals surface area contributed by atoms with E-state index in [0.717, 1.165) is 4.57 Å². The van der Waals surface area contributed by atoms with E-state index in [0.29, 0.717) is 28.8 Å². The van der Waals surface area contributed by atoms with Crippen LogP contribution in [0.5, 0.6) is 5.75 Å². The van der Waals surface area contributed by atoms with Gasteiger partial charge in [0.25, 0.3) is 11.5 Å². The van der Waals surface area contributed by atoms with Gasteiger partial charge in [0.05, 0.1) is 22.4 Å². The molecule has 0 radical (unpaired) electrons. The van der Waals surface area contributed by atoms with Crippen molar-refractivity contribution in [2.45, 2.75) is 25.3 Å². The first-order valence-corrected chi connectivity index (χ1v) is 12.5. The molecule has 0 spiro atoms. The van der Waals surface area contributed by atoms with Crippen molar-refractivity contribution >= 4 is 26.8 Å². The van der Waals surface area contributed by atoms with Gasteiger partial charge in [0, 0.05) is 38.3 Å². The number of carbonyl (C=O) groups is 1. The van der Waals surface area contributed by atoms with Crippen molar-refractivity contribution in [1.29, 1.82) is 0 Å². The van der Waals surface area contributed by atoms with E-state index in [4.69, 9.17) is 4.74 Å². The standard InChI is InChI=1S/C23H26N4O6S/c1-3-27-22(29)19-10-5-16(15-20(19)24-23(27)30)21(28)25-11-13-26(14-12-25)34(31,32)18-8-6-17(7-9-18)33-4-2/h5-10,15H,3-4,11-14H2,1-2H3,(H,24,30). The second kappa shape index (κ2) is 9.43. The van der Waals surface area contributed by atoms with Crippen LogP contribution in [0.3, 0.4) is 0 Å². The summed E-state index contributed by atoms with van der Waals surface area (Å²) in [4.78, 5) is 42.0. The van der Waals surface area contributed by atoms with E-state index in [1.807, 2.05) is 6.92 Å². The molecule has 10 nitrogen and oxygen atoms in total. The summed E-state index contributed by atoms with van der Waals surface area (Å²) in [6.07, 6.45) is 0. The van der Waals surface area contributed by atoms with E-state index in [-0.39, 0.29) is 43.5 Å². The lowest BCUT2D eigenvalue weighted by Crippen LogP contribution is -2.50. The fourth-order valence-corrected chi connectivity index (χ4v) is 5.43. The average Bonchev–Trinajstić information content (AvgIpc) is 2.84. The zero-order chi connectivity index (χ0) is 24.5. The lowest BCUT2D eigenvalue weighted by Gasteiger charge is -2.34. The monoisotopic (exact) mass is 486 g/mol. The Balaban J connectivity index is 1.48. The first-order valence-electron chi connectivity index (χ1n) is 11.1. The Morgan fingerprint density at radius 3 is 2.29 bits per heavy atom. The van der Waals surface area contributed by atoms with Gasteiger partial charge in [-0.3, -0.25) is 14.2 Å². The van der Waals surface area contributed by atoms with Crippen molar-refractivity contribution in [3.05, 3.63) is 68.9 Å². The van der Waals surface area contributed by atoms with E-state index in [2.05, 4.69) is 4.98 Å². The highest BCUT2D eigenvalue weighted by molar-refractivity contribution is 7.89. The zero-order valence-electron chi connectivity index (χ0n) is 19.0. The van der Waals surface area contributed by atoms with E-state index in [1.54, 1.807) is 30.0 Å². The molecule has 0 unspecified atom stereocenters. The Bertz CT molecular complexity index is 1440. The molecule has 1 aromatic heterocycles. The summed E-state index contributed by atoms with van der Waals surface area (Å²) in [5, 5.41) is 0.323. The van der Waals surface area contributed by atoms with Gasteiger partial charge in [-0.2, -0.15) is 4.31 Å². The third-order valence-electron chi connectivity index (χ3n) is 5.84. The molecule has 0 bridgehead atoms. The fourth-order valence-electron chi connectivity index (χ4n) is 4.01. The molecule has 0 saturated carbocycles. The predicted octanol–water partition coefficient (Wildman–Crippen LogP) is 1.26. The van der Waals surface area contributed by atoms with Gasteiger partial charge in [0.1, 0.15) is 5.75 Å². The van der Waals surface area contributed by atoms with Gasteiger partial charge in [0.2, 0.25) is 10.0 Å². The lowest BCUT2D eigenvalue weighted by atomic mass is 10.1. The number of benzene rings is 2. The van der Waals surface area contributed by atoms with Gasteiger partial charge in [0.15, 0.2) is 0 Å². The highest BCUT2D eigenvalue weighted by Crippen LogP contribution is 2.22. The van der Waals surface area contributed by atoms with Gasteiger partial charge in [-0.25, -0.2) is 13.2 Å². The van der Waals surface area contributed by atoms with E-state index in [9.17, 15) is 22.8 Å². The van der Waals surface area contributed by atoms with E-state index in [1.165, 1.54) is 28.6 Å². The molecule has 2 aromatic carbocycles. The van der Waals surface area contributed by atoms with Crippen LogP contribution in [-0.4, -0.2) is 65.9 Å². The van der Waals surface area contributed by atoms with Crippen molar-refractivity contribution in [1.82, 2.24) is 18.8 Å². The molecular formula is C23H26N4O6S. The number of rotatable bonds is 6. The summed E-state index contributed by atoms with van der Waals surface area (Å²) < 4.78 is 33.8. The van der Waals surface area contributed by atoms with Crippen LogP contribution < -0.4 is 16.0 Å². The maximum Gasteiger partial charge on any atom is 0.328 e. The summed E-state index contributed by atoms with van der Waals surface area (Å²) in [5.74, 6) is 0.308. The minimum Gasteiger partial charge on any atom is -0.494 e. The average molecular weight is 487 g/mol. The third kappa shape index (κ3) is 4.36. The number of hydrogen-bond acceptors (Lipinski definition) is 6. The summed E-state index contributed by atoms with van der Waals surface area (Å²) >= 11 is 0. The number of nitrogens with one attached hydrogen (secondary N) is 1. The minimum atomic E-state index is -3.69. The summed E-state index contributed by atoms with van der Waals surface area (Å²) in [7, 11) is -3.69. The van der Waals surface area contributed by atoms with Crippen molar-refractivity contribution in [3.63, 3.8) is 0 Å². The number of amides is 1. The van der Waals surface area contributed by atoms with Crippen molar-refractivity contribution < 1.29 is 17.9 Å². The van der Waals surface area contributed by atoms with Crippen LogP contribution in [0.25, 0.3) is 10.9 Å². The van der Waals surface area contributed by atoms with Gasteiger partial charge in [-0.05, 0) is 56.3 Å². The number of fused-ring (bicyclic) bond motifs is 1. The number of sulfonamides is 1. The molecule has 3 aromatic rings. The zero-order valence-corrected chi connectivity index (χ0v) is 19.8. The quantitative estimate of drug-likeness (QED) is 0.560. The van der Waals surface area contributed by atoms with Crippen LogP contribution in [0.15, 0.2) is 56.9 Å². The second-order valence-electron chi connectivity index (χ2n) is 7.84. The number of hydrogen-bond donors (Lipinski definition) is 1. The third-order valence-corrected chi connectivity index (χ3v) is 7.76. The number of nitrogens with zero attached hydrogens (tertiary/aromatic N) is 3. The number of carbonyl (C=O) groups excluding carboxylic acids is 1. The normalized spacial score (nSPS) is 14.9. The Hall–Kier alpha value is -3.44. The van der Waals surface area contributed by atoms with Gasteiger partial charge < -0.3 is 14.6 Å². The summed E-state index contributed by atoms with van der Waals surface area (Å²) in [6.45, 7) is 5.06. The van der Waals surface area contributed by atoms with Gasteiger partial charge >= 0.3 is 5.69 Å². The highest BCUT2D eigenvalue weighted by Gasteiger charge is 2.30. The highest BCUT2D eigenvalue weighted by atomic mass is 32.2. The van der Waals surface area contributed by atoms with Crippen LogP contribution in [0, 0.1) is 0 Å². The Labute approximate surface area is 196 Å². The summed E-state index contributed by atoms with van der Waals surface area (Å²) in [5.41, 5.74) is -0.326. The van der Waals surface area contributed by atoms with Crippen molar-refractivity contribution in [2.75, 3.05) is 32.8 Å². The Kier molecular flexibility index (Phi) is 6.58. The molecular weight excluding hydrogens is 460 g/mol. The largest absolute Gasteiger partial charge is 0.494 e. The van der Waals surface area contributed by atoms with Crippen LogP contribution in [0.1, 0.15) is 24.2 Å². The first kappa shape index (κ1) is 23.7. The Morgan fingerprint density at radius 2 is 1.68 bits per heavy atom. The number of aromatic nitrogens is 2. The van der Waals surface area contributed by atoms with Gasteiger partial charge in [-0.1, -0.05) is 0 Å². The topological polar surface area (TPSA) is 122 Å². The fraction of sp³-hybridized carbons (Fsp3) is 0.348. The molecule has 34 heavy (non-hydrogen) atoms. The van der Waals surface area contributed by atoms with E-state index < -0.39 is 21.3 Å². The molecule has 1 amide bonds. The predicted molar refractivity (Wildman–Crippen MR) is 127 cm³/mol. The maximum absolute atomic E-state index is 13.0. The Morgan fingerprint density at radius 1 is 1.00 bits per heavy atom. The number of piperazine rings is 1. The number of aromatic amines is 1. The lowest BCUT2D eigenvalue weighted by molar-refractivity contribution is 0.0698. The molecule has 1 saturated heterocycles. The molecule has 0 atom stereocenters. The summed E-state index contributed by atoms with van der Waals surface area (Å²) in [6, 6.07) is 10.8. The van der Waals surface area contributed by atoms with Crippen LogP contribution >= 0.6 is 0 Å². The maximum atomic E-state index is 13.0. The molecule has 1 fully saturated rings. The van der Waals surface area contributed by atoms with Crippen LogP contribution in [-0.2, 0) is 16.6 Å². The van der Waals surface area contributed by atoms with Crippen LogP contribution in [0.2, 0.25) is 0 Å². The molecule has 0 aliphatic carbocycles.